The predicted molar refractivity (Wildman–Crippen MR) is 32.2 cm³/mol. The average molecular weight is 230 g/mol. The van der Waals surface area contributed by atoms with Gasteiger partial charge in [-0.05, 0) is 0 Å². The van der Waals surface area contributed by atoms with Gasteiger partial charge in [0, 0.05) is 0 Å². The van der Waals surface area contributed by atoms with Crippen molar-refractivity contribution in [3.8, 4) is 0 Å². The predicted octanol–water partition coefficient (Wildman–Crippen LogP) is 0.782. The normalized spacial score (nSPS) is 9.12. The molecule has 0 aromatic carbocycles. The van der Waals surface area contributed by atoms with Crippen molar-refractivity contribution in [3.63, 3.8) is 0 Å². The summed E-state index contributed by atoms with van der Waals surface area (Å²) >= 11 is -3.77. The first-order chi connectivity index (χ1) is 3.55. The van der Waals surface area contributed by atoms with Crippen LogP contribution in [-0.2, 0) is 10.9 Å². The van der Waals surface area contributed by atoms with Gasteiger partial charge in [-0.1, -0.05) is 6.58 Å². The fourth-order valence-electron chi connectivity index (χ4n) is 0.0660. The van der Waals surface area contributed by atoms with E-state index in [0.717, 1.165) is 0 Å². The largest absolute Gasteiger partial charge is 0.477 e. The summed E-state index contributed by atoms with van der Waals surface area (Å²) in [7, 11) is 0. The molecule has 0 aromatic rings. The van der Waals surface area contributed by atoms with Crippen LogP contribution in [0.1, 0.15) is 0 Å². The summed E-state index contributed by atoms with van der Waals surface area (Å²) in [4.78, 5) is 9.68. The molecular weight excluding hydrogens is 227 g/mol. The van der Waals surface area contributed by atoms with Gasteiger partial charge in [-0.15, -0.1) is 0 Å². The van der Waals surface area contributed by atoms with E-state index in [0.29, 0.717) is 0 Å². The van der Waals surface area contributed by atoms with Crippen molar-refractivity contribution in [1.29, 1.82) is 0 Å². The molecule has 0 aliphatic carbocycles. The van der Waals surface area contributed by atoms with Gasteiger partial charge in [0.15, 0.2) is 3.58 Å². The number of halogens is 1. The van der Waals surface area contributed by atoms with E-state index in [9.17, 15) is 10.9 Å². The second-order valence-electron chi connectivity index (χ2n) is 0.927. The summed E-state index contributed by atoms with van der Waals surface area (Å²) in [6.45, 7) is 2.80. The maximum atomic E-state index is 9.79. The molecule has 8 heavy (non-hydrogen) atoms. The molecule has 0 bridgehead atoms. The fraction of sp³-hybridized carbons (Fsp3) is 0. The van der Waals surface area contributed by atoms with Gasteiger partial charge in [0.25, 0.3) is 0 Å². The summed E-state index contributed by atoms with van der Waals surface area (Å²) in [6, 6.07) is 0. The fourth-order valence-corrected chi connectivity index (χ4v) is 0.443. The van der Waals surface area contributed by atoms with Crippen LogP contribution in [0.3, 0.4) is 0 Å². The molecule has 0 unspecified atom stereocenters. The quantitative estimate of drug-likeness (QED) is 0.562. The summed E-state index contributed by atoms with van der Waals surface area (Å²) in [5.41, 5.74) is 0. The van der Waals surface area contributed by atoms with Crippen molar-refractivity contribution in [2.24, 2.45) is 0 Å². The number of hydrogen-bond donors (Lipinski definition) is 1. The van der Waals surface area contributed by atoms with Crippen LogP contribution in [-0.4, -0.2) is 11.1 Å². The molecule has 0 aromatic heterocycles. The molecule has 0 saturated carbocycles. The van der Waals surface area contributed by atoms with Gasteiger partial charge in [0.1, 0.15) is 0 Å². The van der Waals surface area contributed by atoms with E-state index in [1.54, 1.807) is 0 Å². The van der Waals surface area contributed by atoms with Crippen molar-refractivity contribution in [2.75, 3.05) is 0 Å². The monoisotopic (exact) mass is 230 g/mol. The summed E-state index contributed by atoms with van der Waals surface area (Å²) in [6.07, 6.45) is 0. The highest BCUT2D eigenvalue weighted by atomic mass is 127. The van der Waals surface area contributed by atoms with Crippen LogP contribution in [0.25, 0.3) is 0 Å². The number of carboxylic acids is 1. The van der Waals surface area contributed by atoms with Crippen molar-refractivity contribution in [3.05, 3.63) is 10.2 Å². The van der Waals surface area contributed by atoms with Gasteiger partial charge in [-0.25, -0.2) is 10.9 Å². The first-order valence-corrected chi connectivity index (χ1v) is 4.37. The minimum Gasteiger partial charge on any atom is -0.477 e. The zero-order valence-corrected chi connectivity index (χ0v) is 5.91. The minimum absolute atomic E-state index is 0.686. The lowest BCUT2D eigenvalue weighted by molar-refractivity contribution is -0.131. The number of hydrogen-bond acceptors (Lipinski definition) is 3. The Morgan fingerprint density at radius 2 is 1.88 bits per heavy atom. The Labute approximate surface area is 52.3 Å². The molecule has 0 fully saturated rings. The van der Waals surface area contributed by atoms with Gasteiger partial charge in [0.05, 0.1) is 0 Å². The van der Waals surface area contributed by atoms with E-state index in [-0.39, 0.29) is 0 Å². The molecule has 0 amide bonds. The van der Waals surface area contributed by atoms with E-state index in [2.05, 4.69) is 6.58 Å². The van der Waals surface area contributed by atoms with Crippen LogP contribution < -0.4 is 0 Å². The molecule has 4 nitrogen and oxygen atoms in total. The lowest BCUT2D eigenvalue weighted by Crippen LogP contribution is -1.91. The summed E-state index contributed by atoms with van der Waals surface area (Å²) < 4.78 is 18.9. The Morgan fingerprint density at radius 3 is 1.88 bits per heavy atom. The van der Waals surface area contributed by atoms with Gasteiger partial charge in [-0.3, -0.25) is 0 Å². The zero-order chi connectivity index (χ0) is 6.73. The number of carbonyl (C=O) groups is 1. The van der Waals surface area contributed by atoms with Gasteiger partial charge >= 0.3 is 25.8 Å². The molecule has 0 aliphatic rings. The molecule has 1 N–H and O–H groups in total. The maximum absolute atomic E-state index is 9.79. The van der Waals surface area contributed by atoms with Crippen molar-refractivity contribution < 1.29 is 16.0 Å². The third kappa shape index (κ3) is 2.01. The Bertz CT molecular complexity index is 181. The summed E-state index contributed by atoms with van der Waals surface area (Å²) in [5.74, 6) is -1.46. The Kier molecular flexibility index (Phi) is 2.59. The first kappa shape index (κ1) is 7.54. The topological polar surface area (TPSA) is 71.4 Å². The smallest absolute Gasteiger partial charge is 0.347 e. The van der Waals surface area contributed by atoms with Gasteiger partial charge in [-0.2, -0.15) is 0 Å². The van der Waals surface area contributed by atoms with Crippen LogP contribution in [0.5, 0.6) is 0 Å². The number of aliphatic carboxylic acids is 1. The van der Waals surface area contributed by atoms with Crippen LogP contribution in [0, 0.1) is 0 Å². The van der Waals surface area contributed by atoms with Crippen molar-refractivity contribution in [2.45, 2.75) is 0 Å². The second kappa shape index (κ2) is 2.75. The lowest BCUT2D eigenvalue weighted by Gasteiger charge is -1.78. The van der Waals surface area contributed by atoms with Crippen LogP contribution in [0.4, 0.5) is 0 Å². The van der Waals surface area contributed by atoms with Crippen molar-refractivity contribution >= 4 is 25.8 Å². The molecule has 0 aliphatic heterocycles. The first-order valence-electron chi connectivity index (χ1n) is 1.53. The minimum atomic E-state index is -3.77. The molecule has 0 spiro atoms. The molecular formula is C3H3IO4. The van der Waals surface area contributed by atoms with E-state index in [1.807, 2.05) is 0 Å². The second-order valence-corrected chi connectivity index (χ2v) is 3.47. The standard InChI is InChI=1S/C3H3IO4/c1-2(3(5)6)4(7)8/h1H2,(H,5,6). The van der Waals surface area contributed by atoms with Crippen LogP contribution in [0.2, 0.25) is 0 Å². The highest BCUT2D eigenvalue weighted by molar-refractivity contribution is 14.2. The van der Waals surface area contributed by atoms with Gasteiger partial charge < -0.3 is 5.11 Å². The molecule has 46 valence electrons. The van der Waals surface area contributed by atoms with Gasteiger partial charge in [0.2, 0.25) is 0 Å². The SMILES string of the molecule is C=C(C(=O)O)I(=O)=O. The van der Waals surface area contributed by atoms with Crippen molar-refractivity contribution in [1.82, 2.24) is 0 Å². The van der Waals surface area contributed by atoms with E-state index >= 15 is 0 Å². The highest BCUT2D eigenvalue weighted by Crippen LogP contribution is 2.16. The molecule has 0 atom stereocenters. The Balaban J connectivity index is 4.28. The third-order valence-corrected chi connectivity index (χ3v) is 1.94. The number of carboxylic acid groups (broad SMARTS) is 1. The maximum Gasteiger partial charge on any atom is 0.347 e. The molecule has 0 heterocycles. The average Bonchev–Trinajstić information content (AvgIpc) is 1.64. The van der Waals surface area contributed by atoms with Crippen LogP contribution >= 0.6 is 19.8 Å². The molecule has 5 heteroatoms. The summed E-state index contributed by atoms with van der Waals surface area (Å²) in [5, 5.41) is 7.89. The molecule has 0 saturated heterocycles. The Hall–Kier alpha value is -0.460. The van der Waals surface area contributed by atoms with E-state index in [1.165, 1.54) is 0 Å². The van der Waals surface area contributed by atoms with E-state index in [4.69, 9.17) is 5.11 Å². The lowest BCUT2D eigenvalue weighted by atomic mass is 10.7. The Morgan fingerprint density at radius 1 is 1.50 bits per heavy atom. The zero-order valence-electron chi connectivity index (χ0n) is 3.76. The molecule has 0 radical (unpaired) electrons. The highest BCUT2D eigenvalue weighted by Gasteiger charge is 2.07. The molecule has 0 rings (SSSR count). The van der Waals surface area contributed by atoms with E-state index < -0.39 is 29.3 Å². The van der Waals surface area contributed by atoms with Crippen LogP contribution in [0.15, 0.2) is 10.2 Å². The third-order valence-electron chi connectivity index (χ3n) is 0.418. The number of rotatable bonds is 2.